The standard InChI is InChI=1S/C15H21N3O3/c1-9(2)7-11-14(19)16-5-6-18(11)15(20)13-12(10-3-4-10)17-8-21-13/h8-11H,3-7H2,1-2H3,(H,16,19)/t11-/m0/s1. The van der Waals surface area contributed by atoms with Gasteiger partial charge in [0.05, 0.1) is 5.69 Å². The normalized spacial score (nSPS) is 22.5. The Balaban J connectivity index is 1.83. The van der Waals surface area contributed by atoms with Gasteiger partial charge in [-0.05, 0) is 25.2 Å². The van der Waals surface area contributed by atoms with Gasteiger partial charge in [0.25, 0.3) is 5.91 Å². The maximum atomic E-state index is 12.8. The summed E-state index contributed by atoms with van der Waals surface area (Å²) in [5.74, 6) is 0.739. The average Bonchev–Trinajstić information content (AvgIpc) is 3.17. The summed E-state index contributed by atoms with van der Waals surface area (Å²) in [5.41, 5.74) is 0.759. The van der Waals surface area contributed by atoms with Crippen LogP contribution in [0.4, 0.5) is 0 Å². The summed E-state index contributed by atoms with van der Waals surface area (Å²) >= 11 is 0. The fourth-order valence-electron chi connectivity index (χ4n) is 2.83. The molecule has 6 nitrogen and oxygen atoms in total. The molecule has 3 rings (SSSR count). The Morgan fingerprint density at radius 3 is 2.95 bits per heavy atom. The second-order valence-electron chi connectivity index (χ2n) is 6.28. The molecular weight excluding hydrogens is 270 g/mol. The second-order valence-corrected chi connectivity index (χ2v) is 6.28. The van der Waals surface area contributed by atoms with E-state index in [0.29, 0.717) is 37.1 Å². The second kappa shape index (κ2) is 5.50. The first-order valence-corrected chi connectivity index (χ1v) is 7.60. The molecule has 1 aliphatic carbocycles. The predicted octanol–water partition coefficient (Wildman–Crippen LogP) is 1.54. The van der Waals surface area contributed by atoms with Gasteiger partial charge in [-0.2, -0.15) is 0 Å². The van der Waals surface area contributed by atoms with E-state index in [4.69, 9.17) is 4.42 Å². The summed E-state index contributed by atoms with van der Waals surface area (Å²) in [7, 11) is 0. The molecule has 1 aromatic heterocycles. The van der Waals surface area contributed by atoms with Crippen LogP contribution >= 0.6 is 0 Å². The average molecular weight is 291 g/mol. The molecular formula is C15H21N3O3. The van der Waals surface area contributed by atoms with Crippen LogP contribution in [-0.2, 0) is 4.79 Å². The van der Waals surface area contributed by atoms with Crippen LogP contribution in [0.5, 0.6) is 0 Å². The molecule has 1 saturated heterocycles. The van der Waals surface area contributed by atoms with E-state index in [1.54, 1.807) is 4.90 Å². The van der Waals surface area contributed by atoms with Crippen molar-refractivity contribution in [1.82, 2.24) is 15.2 Å². The molecule has 0 spiro atoms. The van der Waals surface area contributed by atoms with Crippen molar-refractivity contribution in [3.8, 4) is 0 Å². The van der Waals surface area contributed by atoms with E-state index in [0.717, 1.165) is 18.5 Å². The van der Waals surface area contributed by atoms with E-state index in [1.807, 2.05) is 0 Å². The highest BCUT2D eigenvalue weighted by Gasteiger charge is 2.38. The molecule has 0 aromatic carbocycles. The lowest BCUT2D eigenvalue weighted by Gasteiger charge is -2.35. The maximum Gasteiger partial charge on any atom is 0.292 e. The molecule has 1 aromatic rings. The van der Waals surface area contributed by atoms with Crippen LogP contribution in [0, 0.1) is 5.92 Å². The number of carbonyl (C=O) groups is 2. The summed E-state index contributed by atoms with van der Waals surface area (Å²) < 4.78 is 5.34. The predicted molar refractivity (Wildman–Crippen MR) is 75.8 cm³/mol. The minimum Gasteiger partial charge on any atom is -0.438 e. The first-order valence-electron chi connectivity index (χ1n) is 7.60. The zero-order valence-corrected chi connectivity index (χ0v) is 12.5. The van der Waals surface area contributed by atoms with Gasteiger partial charge < -0.3 is 14.6 Å². The number of amides is 2. The van der Waals surface area contributed by atoms with Gasteiger partial charge in [-0.25, -0.2) is 4.98 Å². The molecule has 0 radical (unpaired) electrons. The number of nitrogens with one attached hydrogen (secondary N) is 1. The number of hydrogen-bond acceptors (Lipinski definition) is 4. The van der Waals surface area contributed by atoms with E-state index >= 15 is 0 Å². The molecule has 2 amide bonds. The summed E-state index contributed by atoms with van der Waals surface area (Å²) in [4.78, 5) is 30.7. The van der Waals surface area contributed by atoms with Crippen molar-refractivity contribution in [1.29, 1.82) is 0 Å². The van der Waals surface area contributed by atoms with Crippen molar-refractivity contribution in [2.45, 2.75) is 45.1 Å². The number of oxazole rings is 1. The first-order chi connectivity index (χ1) is 10.1. The smallest absolute Gasteiger partial charge is 0.292 e. The number of rotatable bonds is 4. The van der Waals surface area contributed by atoms with Crippen LogP contribution < -0.4 is 5.32 Å². The molecule has 1 N–H and O–H groups in total. The van der Waals surface area contributed by atoms with Crippen molar-refractivity contribution in [3.05, 3.63) is 17.8 Å². The maximum absolute atomic E-state index is 12.8. The van der Waals surface area contributed by atoms with Gasteiger partial charge in [-0.15, -0.1) is 0 Å². The Morgan fingerprint density at radius 2 is 2.29 bits per heavy atom. The van der Waals surface area contributed by atoms with Gasteiger partial charge >= 0.3 is 0 Å². The van der Waals surface area contributed by atoms with Gasteiger partial charge in [0.1, 0.15) is 6.04 Å². The molecule has 1 saturated carbocycles. The molecule has 21 heavy (non-hydrogen) atoms. The van der Waals surface area contributed by atoms with E-state index in [9.17, 15) is 9.59 Å². The van der Waals surface area contributed by atoms with E-state index < -0.39 is 6.04 Å². The largest absolute Gasteiger partial charge is 0.438 e. The zero-order valence-electron chi connectivity index (χ0n) is 12.5. The lowest BCUT2D eigenvalue weighted by atomic mass is 9.99. The van der Waals surface area contributed by atoms with E-state index in [-0.39, 0.29) is 11.8 Å². The number of carbonyl (C=O) groups excluding carboxylic acids is 2. The minimum atomic E-state index is -0.414. The third-order valence-corrected chi connectivity index (χ3v) is 4.04. The van der Waals surface area contributed by atoms with Gasteiger partial charge in [-0.3, -0.25) is 9.59 Å². The summed E-state index contributed by atoms with van der Waals surface area (Å²) in [5, 5.41) is 2.84. The van der Waals surface area contributed by atoms with Gasteiger partial charge in [0.15, 0.2) is 6.39 Å². The van der Waals surface area contributed by atoms with Crippen LogP contribution in [0.1, 0.15) is 55.3 Å². The molecule has 1 atom stereocenters. The fraction of sp³-hybridized carbons (Fsp3) is 0.667. The van der Waals surface area contributed by atoms with Gasteiger partial charge in [0.2, 0.25) is 11.7 Å². The van der Waals surface area contributed by atoms with Crippen molar-refractivity contribution in [3.63, 3.8) is 0 Å². The van der Waals surface area contributed by atoms with Crippen molar-refractivity contribution >= 4 is 11.8 Å². The molecule has 2 aliphatic rings. The Hall–Kier alpha value is -1.85. The van der Waals surface area contributed by atoms with E-state index in [2.05, 4.69) is 24.1 Å². The molecule has 2 heterocycles. The molecule has 114 valence electrons. The molecule has 0 bridgehead atoms. The minimum absolute atomic E-state index is 0.0733. The highest BCUT2D eigenvalue weighted by molar-refractivity contribution is 5.97. The molecule has 6 heteroatoms. The summed E-state index contributed by atoms with van der Waals surface area (Å²) in [6, 6.07) is -0.414. The van der Waals surface area contributed by atoms with Crippen LogP contribution in [0.3, 0.4) is 0 Å². The van der Waals surface area contributed by atoms with E-state index in [1.165, 1.54) is 6.39 Å². The number of hydrogen-bond donors (Lipinski definition) is 1. The van der Waals surface area contributed by atoms with Crippen molar-refractivity contribution in [2.75, 3.05) is 13.1 Å². The third kappa shape index (κ3) is 2.80. The lowest BCUT2D eigenvalue weighted by Crippen LogP contribution is -2.57. The Labute approximate surface area is 123 Å². The SMILES string of the molecule is CC(C)C[C@H]1C(=O)NCCN1C(=O)c1ocnc1C1CC1. The zero-order chi connectivity index (χ0) is 15.0. The van der Waals surface area contributed by atoms with Gasteiger partial charge in [0, 0.05) is 19.0 Å². The monoisotopic (exact) mass is 291 g/mol. The Morgan fingerprint density at radius 1 is 1.52 bits per heavy atom. The summed E-state index contributed by atoms with van der Waals surface area (Å²) in [6.07, 6.45) is 4.11. The van der Waals surface area contributed by atoms with Crippen molar-refractivity contribution < 1.29 is 14.0 Å². The van der Waals surface area contributed by atoms with Crippen LogP contribution in [0.25, 0.3) is 0 Å². The highest BCUT2D eigenvalue weighted by Crippen LogP contribution is 2.41. The summed E-state index contributed by atoms with van der Waals surface area (Å²) in [6.45, 7) is 5.11. The van der Waals surface area contributed by atoms with Crippen LogP contribution in [-0.4, -0.2) is 40.8 Å². The number of nitrogens with zero attached hydrogens (tertiary/aromatic N) is 2. The van der Waals surface area contributed by atoms with Gasteiger partial charge in [-0.1, -0.05) is 13.8 Å². The van der Waals surface area contributed by atoms with Crippen LogP contribution in [0.15, 0.2) is 10.8 Å². The molecule has 0 unspecified atom stereocenters. The Kier molecular flexibility index (Phi) is 3.69. The quantitative estimate of drug-likeness (QED) is 0.913. The Bertz CT molecular complexity index is 548. The topological polar surface area (TPSA) is 75.4 Å². The lowest BCUT2D eigenvalue weighted by molar-refractivity contribution is -0.128. The molecule has 1 aliphatic heterocycles. The third-order valence-electron chi connectivity index (χ3n) is 4.04. The first kappa shape index (κ1) is 14.1. The van der Waals surface area contributed by atoms with Crippen molar-refractivity contribution in [2.24, 2.45) is 5.92 Å². The highest BCUT2D eigenvalue weighted by atomic mass is 16.4. The van der Waals surface area contributed by atoms with Crippen LogP contribution in [0.2, 0.25) is 0 Å². The number of piperazine rings is 1. The number of aromatic nitrogens is 1. The molecule has 2 fully saturated rings. The fourth-order valence-corrected chi connectivity index (χ4v) is 2.83.